The molecule has 0 radical (unpaired) electrons. The van der Waals surface area contributed by atoms with E-state index in [2.05, 4.69) is 9.97 Å². The smallest absolute Gasteiger partial charge is 0.251 e. The van der Waals surface area contributed by atoms with Crippen LogP contribution in [0.5, 0.6) is 0 Å². The van der Waals surface area contributed by atoms with E-state index >= 15 is 0 Å². The lowest BCUT2D eigenvalue weighted by atomic mass is 9.97. The Morgan fingerprint density at radius 2 is 2.39 bits per heavy atom. The van der Waals surface area contributed by atoms with Gasteiger partial charge in [-0.25, -0.2) is 4.98 Å². The van der Waals surface area contributed by atoms with E-state index < -0.39 is 0 Å². The average molecular weight is 249 g/mol. The molecule has 1 N–H and O–H groups in total. The van der Waals surface area contributed by atoms with E-state index in [0.717, 1.165) is 25.1 Å². The van der Waals surface area contributed by atoms with Crippen LogP contribution in [0.2, 0.25) is 0 Å². The Labute approximate surface area is 106 Å². The van der Waals surface area contributed by atoms with Crippen LogP contribution in [0.1, 0.15) is 43.6 Å². The van der Waals surface area contributed by atoms with Crippen molar-refractivity contribution in [1.82, 2.24) is 14.9 Å². The number of amides is 1. The lowest BCUT2D eigenvalue weighted by Crippen LogP contribution is -2.39. The molecule has 18 heavy (non-hydrogen) atoms. The van der Waals surface area contributed by atoms with Gasteiger partial charge >= 0.3 is 0 Å². The standard InChI is InChI=1S/C13H19N3O2/c1-3-12(18)16-6-4-5-10(8-16)13-14-9(2)7-11(17)15-13/h7,10H,3-6,8H2,1-2H3,(H,14,15,17). The molecule has 1 unspecified atom stereocenters. The van der Waals surface area contributed by atoms with Crippen LogP contribution in [0, 0.1) is 6.92 Å². The van der Waals surface area contributed by atoms with Crippen LogP contribution < -0.4 is 5.56 Å². The molecule has 98 valence electrons. The molecule has 2 rings (SSSR count). The highest BCUT2D eigenvalue weighted by Gasteiger charge is 2.25. The number of carbonyl (C=O) groups excluding carboxylic acids is 1. The number of carbonyl (C=O) groups is 1. The number of rotatable bonds is 2. The van der Waals surface area contributed by atoms with Gasteiger partial charge in [0.15, 0.2) is 0 Å². The Kier molecular flexibility index (Phi) is 3.79. The van der Waals surface area contributed by atoms with Crippen molar-refractivity contribution in [1.29, 1.82) is 0 Å². The maximum absolute atomic E-state index is 11.7. The van der Waals surface area contributed by atoms with Gasteiger partial charge in [0.1, 0.15) is 5.82 Å². The number of H-pyrrole nitrogens is 1. The van der Waals surface area contributed by atoms with E-state index in [1.165, 1.54) is 6.07 Å². The van der Waals surface area contributed by atoms with Crippen LogP contribution in [0.3, 0.4) is 0 Å². The molecular formula is C13H19N3O2. The Hall–Kier alpha value is -1.65. The van der Waals surface area contributed by atoms with E-state index in [1.807, 2.05) is 18.7 Å². The average Bonchev–Trinajstić information content (AvgIpc) is 2.37. The first-order chi connectivity index (χ1) is 8.60. The molecule has 1 aliphatic rings. The molecular weight excluding hydrogens is 230 g/mol. The predicted octanol–water partition coefficient (Wildman–Crippen LogP) is 1.19. The Morgan fingerprint density at radius 3 is 3.06 bits per heavy atom. The monoisotopic (exact) mass is 249 g/mol. The summed E-state index contributed by atoms with van der Waals surface area (Å²) in [5.74, 6) is 1.05. The zero-order valence-corrected chi connectivity index (χ0v) is 10.9. The van der Waals surface area contributed by atoms with Crippen molar-refractivity contribution in [3.05, 3.63) is 27.9 Å². The quantitative estimate of drug-likeness (QED) is 0.856. The van der Waals surface area contributed by atoms with Gasteiger partial charge in [0.25, 0.3) is 5.56 Å². The summed E-state index contributed by atoms with van der Waals surface area (Å²) in [6.07, 6.45) is 2.47. The number of piperidine rings is 1. The molecule has 1 fully saturated rings. The summed E-state index contributed by atoms with van der Waals surface area (Å²) in [4.78, 5) is 32.2. The molecule has 0 spiro atoms. The van der Waals surface area contributed by atoms with E-state index in [-0.39, 0.29) is 17.4 Å². The number of hydrogen-bond acceptors (Lipinski definition) is 3. The minimum Gasteiger partial charge on any atom is -0.342 e. The second-order valence-corrected chi connectivity index (χ2v) is 4.80. The fourth-order valence-corrected chi connectivity index (χ4v) is 2.45. The van der Waals surface area contributed by atoms with Crippen LogP contribution >= 0.6 is 0 Å². The number of hydrogen-bond donors (Lipinski definition) is 1. The largest absolute Gasteiger partial charge is 0.342 e. The van der Waals surface area contributed by atoms with Crippen molar-refractivity contribution in [2.45, 2.75) is 39.0 Å². The van der Waals surface area contributed by atoms with Crippen molar-refractivity contribution in [3.63, 3.8) is 0 Å². The zero-order chi connectivity index (χ0) is 13.1. The molecule has 1 saturated heterocycles. The van der Waals surface area contributed by atoms with Gasteiger partial charge in [-0.2, -0.15) is 0 Å². The number of nitrogens with one attached hydrogen (secondary N) is 1. The van der Waals surface area contributed by atoms with Gasteiger partial charge in [0.05, 0.1) is 0 Å². The topological polar surface area (TPSA) is 66.1 Å². The summed E-state index contributed by atoms with van der Waals surface area (Å²) in [5.41, 5.74) is 0.615. The summed E-state index contributed by atoms with van der Waals surface area (Å²) in [6.45, 7) is 5.17. The van der Waals surface area contributed by atoms with E-state index in [4.69, 9.17) is 0 Å². The van der Waals surface area contributed by atoms with E-state index in [1.54, 1.807) is 0 Å². The van der Waals surface area contributed by atoms with Gasteiger partial charge in [0, 0.05) is 37.2 Å². The van der Waals surface area contributed by atoms with Gasteiger partial charge in [0.2, 0.25) is 5.91 Å². The Morgan fingerprint density at radius 1 is 1.61 bits per heavy atom. The molecule has 5 heteroatoms. The van der Waals surface area contributed by atoms with Crippen molar-refractivity contribution < 1.29 is 4.79 Å². The molecule has 0 saturated carbocycles. The zero-order valence-electron chi connectivity index (χ0n) is 10.9. The predicted molar refractivity (Wildman–Crippen MR) is 68.4 cm³/mol. The second-order valence-electron chi connectivity index (χ2n) is 4.80. The third-order valence-corrected chi connectivity index (χ3v) is 3.35. The Balaban J connectivity index is 2.17. The number of likely N-dealkylation sites (tertiary alicyclic amines) is 1. The van der Waals surface area contributed by atoms with Crippen LogP contribution in [0.4, 0.5) is 0 Å². The third-order valence-electron chi connectivity index (χ3n) is 3.35. The van der Waals surface area contributed by atoms with Crippen LogP contribution in [-0.2, 0) is 4.79 Å². The highest BCUT2D eigenvalue weighted by atomic mass is 16.2. The minimum atomic E-state index is -0.114. The molecule has 1 aliphatic heterocycles. The van der Waals surface area contributed by atoms with Crippen molar-refractivity contribution in [2.75, 3.05) is 13.1 Å². The minimum absolute atomic E-state index is 0.114. The highest BCUT2D eigenvalue weighted by Crippen LogP contribution is 2.24. The summed E-state index contributed by atoms with van der Waals surface area (Å²) in [5, 5.41) is 0. The summed E-state index contributed by atoms with van der Waals surface area (Å²) < 4.78 is 0. The van der Waals surface area contributed by atoms with E-state index in [0.29, 0.717) is 18.8 Å². The summed E-state index contributed by atoms with van der Waals surface area (Å²) in [6, 6.07) is 1.49. The van der Waals surface area contributed by atoms with Gasteiger partial charge in [-0.3, -0.25) is 9.59 Å². The fraction of sp³-hybridized carbons (Fsp3) is 0.615. The lowest BCUT2D eigenvalue weighted by Gasteiger charge is -2.32. The van der Waals surface area contributed by atoms with Crippen LogP contribution in [0.25, 0.3) is 0 Å². The number of nitrogens with zero attached hydrogens (tertiary/aromatic N) is 2. The van der Waals surface area contributed by atoms with Crippen molar-refractivity contribution in [2.24, 2.45) is 0 Å². The SMILES string of the molecule is CCC(=O)N1CCCC(c2nc(C)cc(=O)[nH]2)C1. The van der Waals surface area contributed by atoms with Crippen molar-refractivity contribution >= 4 is 5.91 Å². The molecule has 1 aromatic heterocycles. The maximum atomic E-state index is 11.7. The Bertz CT molecular complexity index is 495. The van der Waals surface area contributed by atoms with Gasteiger partial charge in [-0.1, -0.05) is 6.92 Å². The maximum Gasteiger partial charge on any atom is 0.251 e. The number of aromatic nitrogens is 2. The van der Waals surface area contributed by atoms with Crippen LogP contribution in [-0.4, -0.2) is 33.9 Å². The van der Waals surface area contributed by atoms with E-state index in [9.17, 15) is 9.59 Å². The first-order valence-corrected chi connectivity index (χ1v) is 6.45. The van der Waals surface area contributed by atoms with Gasteiger partial charge in [-0.05, 0) is 19.8 Å². The number of aromatic amines is 1. The molecule has 5 nitrogen and oxygen atoms in total. The third kappa shape index (κ3) is 2.78. The lowest BCUT2D eigenvalue weighted by molar-refractivity contribution is -0.132. The number of aryl methyl sites for hydroxylation is 1. The molecule has 1 amide bonds. The normalized spacial score (nSPS) is 19.9. The molecule has 0 aliphatic carbocycles. The van der Waals surface area contributed by atoms with Gasteiger partial charge < -0.3 is 9.88 Å². The first-order valence-electron chi connectivity index (χ1n) is 6.45. The fourth-order valence-electron chi connectivity index (χ4n) is 2.45. The van der Waals surface area contributed by atoms with Crippen LogP contribution in [0.15, 0.2) is 10.9 Å². The molecule has 0 bridgehead atoms. The highest BCUT2D eigenvalue weighted by molar-refractivity contribution is 5.75. The second kappa shape index (κ2) is 5.33. The van der Waals surface area contributed by atoms with Gasteiger partial charge in [-0.15, -0.1) is 0 Å². The molecule has 2 heterocycles. The summed E-state index contributed by atoms with van der Waals surface area (Å²) in [7, 11) is 0. The molecule has 1 aromatic rings. The van der Waals surface area contributed by atoms with Crippen molar-refractivity contribution in [3.8, 4) is 0 Å². The molecule has 1 atom stereocenters. The summed E-state index contributed by atoms with van der Waals surface area (Å²) >= 11 is 0. The first kappa shape index (κ1) is 12.8. The molecule has 0 aromatic carbocycles.